The van der Waals surface area contributed by atoms with E-state index in [4.69, 9.17) is 14.2 Å². The molecule has 66 valence electrons. The minimum Gasteiger partial charge on any atom is -0.327 e. The lowest BCUT2D eigenvalue weighted by Gasteiger charge is -2.24. The van der Waals surface area contributed by atoms with Crippen LogP contribution in [0.25, 0.3) is 0 Å². The van der Waals surface area contributed by atoms with E-state index in [1.165, 1.54) is 21.3 Å². The van der Waals surface area contributed by atoms with Crippen LogP contribution in [-0.2, 0) is 14.2 Å². The Morgan fingerprint density at radius 1 is 1.09 bits per heavy atom. The van der Waals surface area contributed by atoms with Crippen molar-refractivity contribution in [2.24, 2.45) is 0 Å². The molecule has 0 unspecified atom stereocenters. The largest absolute Gasteiger partial charge is 0.327 e. The number of rotatable bonds is 5. The molecule has 0 aromatic carbocycles. The zero-order valence-electron chi connectivity index (χ0n) is 7.59. The van der Waals surface area contributed by atoms with Gasteiger partial charge in [-0.25, -0.2) is 0 Å². The van der Waals surface area contributed by atoms with Crippen molar-refractivity contribution in [1.82, 2.24) is 0 Å². The molecule has 0 rings (SSSR count). The van der Waals surface area contributed by atoms with Crippen LogP contribution in [0, 0.1) is 0 Å². The molecule has 0 radical (unpaired) electrons. The Morgan fingerprint density at radius 2 is 1.55 bits per heavy atom. The van der Waals surface area contributed by atoms with Crippen molar-refractivity contribution in [1.29, 1.82) is 0 Å². The standard InChI is InChI=1S/C8H16O3/c1-5-6-7-8(9-2,10-3)11-4/h6-7H,5H2,1-4H3/b7-6+. The second kappa shape index (κ2) is 5.29. The Labute approximate surface area is 67.9 Å². The fourth-order valence-corrected chi connectivity index (χ4v) is 0.716. The van der Waals surface area contributed by atoms with Crippen molar-refractivity contribution in [3.8, 4) is 0 Å². The van der Waals surface area contributed by atoms with Gasteiger partial charge in [0.2, 0.25) is 0 Å². The van der Waals surface area contributed by atoms with Crippen LogP contribution in [0.3, 0.4) is 0 Å². The molecule has 0 aromatic heterocycles. The Hall–Kier alpha value is -0.380. The first-order valence-electron chi connectivity index (χ1n) is 3.57. The highest BCUT2D eigenvalue weighted by atomic mass is 16.9. The lowest BCUT2D eigenvalue weighted by atomic mass is 10.4. The SMILES string of the molecule is CC/C=C/C(OC)(OC)OC. The maximum atomic E-state index is 5.01. The molecule has 0 aliphatic rings. The molecule has 0 bridgehead atoms. The van der Waals surface area contributed by atoms with Gasteiger partial charge in [-0.3, -0.25) is 0 Å². The molecule has 0 heterocycles. The molecular weight excluding hydrogens is 144 g/mol. The van der Waals surface area contributed by atoms with Crippen LogP contribution in [0.15, 0.2) is 12.2 Å². The van der Waals surface area contributed by atoms with Gasteiger partial charge >= 0.3 is 5.97 Å². The highest BCUT2D eigenvalue weighted by Crippen LogP contribution is 2.13. The predicted molar refractivity (Wildman–Crippen MR) is 43.2 cm³/mol. The van der Waals surface area contributed by atoms with E-state index in [0.717, 1.165) is 6.42 Å². The maximum Gasteiger partial charge on any atom is 0.303 e. The number of methoxy groups -OCH3 is 3. The molecule has 0 saturated carbocycles. The van der Waals surface area contributed by atoms with Crippen LogP contribution in [0.1, 0.15) is 13.3 Å². The number of allylic oxidation sites excluding steroid dienone is 1. The summed E-state index contributed by atoms with van der Waals surface area (Å²) in [5.74, 6) is -1.00. The minimum atomic E-state index is -1.00. The monoisotopic (exact) mass is 160 g/mol. The average molecular weight is 160 g/mol. The second-order valence-corrected chi connectivity index (χ2v) is 2.03. The van der Waals surface area contributed by atoms with E-state index in [9.17, 15) is 0 Å². The van der Waals surface area contributed by atoms with Crippen molar-refractivity contribution in [3.05, 3.63) is 12.2 Å². The van der Waals surface area contributed by atoms with E-state index in [2.05, 4.69) is 0 Å². The summed E-state index contributed by atoms with van der Waals surface area (Å²) in [5, 5.41) is 0. The first-order valence-corrected chi connectivity index (χ1v) is 3.57. The molecule has 0 saturated heterocycles. The molecular formula is C8H16O3. The van der Waals surface area contributed by atoms with Crippen LogP contribution in [0.2, 0.25) is 0 Å². The van der Waals surface area contributed by atoms with Gasteiger partial charge in [-0.1, -0.05) is 13.0 Å². The summed E-state index contributed by atoms with van der Waals surface area (Å²) < 4.78 is 15.0. The smallest absolute Gasteiger partial charge is 0.303 e. The lowest BCUT2D eigenvalue weighted by molar-refractivity contribution is -0.318. The van der Waals surface area contributed by atoms with Gasteiger partial charge in [-0.05, 0) is 6.42 Å². The molecule has 0 aromatic rings. The third-order valence-electron chi connectivity index (χ3n) is 1.41. The summed E-state index contributed by atoms with van der Waals surface area (Å²) in [5.41, 5.74) is 0. The van der Waals surface area contributed by atoms with E-state index in [1.807, 2.05) is 13.0 Å². The van der Waals surface area contributed by atoms with Crippen LogP contribution < -0.4 is 0 Å². The fourth-order valence-electron chi connectivity index (χ4n) is 0.716. The molecule has 0 spiro atoms. The summed E-state index contributed by atoms with van der Waals surface area (Å²) in [6.07, 6.45) is 4.60. The average Bonchev–Trinajstić information content (AvgIpc) is 2.08. The number of hydrogen-bond acceptors (Lipinski definition) is 3. The van der Waals surface area contributed by atoms with Crippen molar-refractivity contribution >= 4 is 0 Å². The first-order chi connectivity index (χ1) is 5.24. The molecule has 0 aliphatic carbocycles. The Kier molecular flexibility index (Phi) is 5.11. The Morgan fingerprint density at radius 3 is 1.82 bits per heavy atom. The quantitative estimate of drug-likeness (QED) is 0.451. The molecule has 0 N–H and O–H groups in total. The van der Waals surface area contributed by atoms with Crippen LogP contribution in [0.4, 0.5) is 0 Å². The van der Waals surface area contributed by atoms with Gasteiger partial charge in [0, 0.05) is 27.4 Å². The summed E-state index contributed by atoms with van der Waals surface area (Å²) in [7, 11) is 4.60. The molecule has 11 heavy (non-hydrogen) atoms. The third kappa shape index (κ3) is 3.01. The third-order valence-corrected chi connectivity index (χ3v) is 1.41. The van der Waals surface area contributed by atoms with Crippen LogP contribution in [-0.4, -0.2) is 27.3 Å². The second-order valence-electron chi connectivity index (χ2n) is 2.03. The Bertz CT molecular complexity index is 108. The highest BCUT2D eigenvalue weighted by Gasteiger charge is 2.24. The number of hydrogen-bond donors (Lipinski definition) is 0. The lowest BCUT2D eigenvalue weighted by Crippen LogP contribution is -2.33. The van der Waals surface area contributed by atoms with E-state index >= 15 is 0 Å². The summed E-state index contributed by atoms with van der Waals surface area (Å²) >= 11 is 0. The Balaban J connectivity index is 4.16. The van der Waals surface area contributed by atoms with E-state index in [1.54, 1.807) is 6.08 Å². The van der Waals surface area contributed by atoms with Gasteiger partial charge < -0.3 is 14.2 Å². The highest BCUT2D eigenvalue weighted by molar-refractivity contribution is 4.89. The van der Waals surface area contributed by atoms with Crippen LogP contribution >= 0.6 is 0 Å². The van der Waals surface area contributed by atoms with E-state index < -0.39 is 5.97 Å². The summed E-state index contributed by atoms with van der Waals surface area (Å²) in [6.45, 7) is 2.03. The zero-order chi connectivity index (χ0) is 8.74. The van der Waals surface area contributed by atoms with Gasteiger partial charge in [0.05, 0.1) is 0 Å². The van der Waals surface area contributed by atoms with E-state index in [-0.39, 0.29) is 0 Å². The van der Waals surface area contributed by atoms with Crippen molar-refractivity contribution in [3.63, 3.8) is 0 Å². The van der Waals surface area contributed by atoms with Crippen molar-refractivity contribution < 1.29 is 14.2 Å². The van der Waals surface area contributed by atoms with Crippen molar-refractivity contribution in [2.75, 3.05) is 21.3 Å². The van der Waals surface area contributed by atoms with Crippen molar-refractivity contribution in [2.45, 2.75) is 19.3 Å². The van der Waals surface area contributed by atoms with Gasteiger partial charge in [0.1, 0.15) is 0 Å². The van der Waals surface area contributed by atoms with Gasteiger partial charge in [-0.2, -0.15) is 0 Å². The predicted octanol–water partition coefficient (Wildman–Crippen LogP) is 1.55. The van der Waals surface area contributed by atoms with Gasteiger partial charge in [-0.15, -0.1) is 0 Å². The summed E-state index contributed by atoms with van der Waals surface area (Å²) in [4.78, 5) is 0. The zero-order valence-corrected chi connectivity index (χ0v) is 7.59. The normalized spacial score (nSPS) is 12.7. The molecule has 0 amide bonds. The summed E-state index contributed by atoms with van der Waals surface area (Å²) in [6, 6.07) is 0. The van der Waals surface area contributed by atoms with Crippen LogP contribution in [0.5, 0.6) is 0 Å². The first kappa shape index (κ1) is 10.6. The molecule has 0 fully saturated rings. The van der Waals surface area contributed by atoms with Gasteiger partial charge in [0.25, 0.3) is 0 Å². The maximum absolute atomic E-state index is 5.01. The topological polar surface area (TPSA) is 27.7 Å². The molecule has 0 atom stereocenters. The molecule has 0 aliphatic heterocycles. The minimum absolute atomic E-state index is 0.928. The van der Waals surface area contributed by atoms with E-state index in [0.29, 0.717) is 0 Å². The fraction of sp³-hybridized carbons (Fsp3) is 0.750. The molecule has 3 nitrogen and oxygen atoms in total. The molecule has 3 heteroatoms. The van der Waals surface area contributed by atoms with Gasteiger partial charge in [0.15, 0.2) is 0 Å². The number of ether oxygens (including phenoxy) is 3.